The van der Waals surface area contributed by atoms with E-state index in [0.717, 1.165) is 22.3 Å². The van der Waals surface area contributed by atoms with Gasteiger partial charge in [0.15, 0.2) is 0 Å². The van der Waals surface area contributed by atoms with Crippen molar-refractivity contribution in [3.05, 3.63) is 65.6 Å². The molecule has 1 atom stereocenters. The minimum Gasteiger partial charge on any atom is -0.497 e. The fourth-order valence-electron chi connectivity index (χ4n) is 3.03. The average Bonchev–Trinajstić information content (AvgIpc) is 3.01. The number of nitrogens with one attached hydrogen (secondary N) is 2. The lowest BCUT2D eigenvalue weighted by Gasteiger charge is -2.23. The van der Waals surface area contributed by atoms with Crippen molar-refractivity contribution in [2.75, 3.05) is 21.2 Å². The number of methoxy groups -OCH3 is 1. The number of ether oxygens (including phenoxy) is 1. The third kappa shape index (κ3) is 3.86. The van der Waals surface area contributed by atoms with Crippen LogP contribution in [0.1, 0.15) is 17.3 Å². The predicted molar refractivity (Wildman–Crippen MR) is 99.5 cm³/mol. The molecule has 1 unspecified atom stereocenters. The maximum atomic E-state index is 13.5. The molecule has 2 aromatic carbocycles. The standard InChI is InChI=1S/C20H22FN3O2/c1-24(2)19(13-5-4-6-15(21)9-13)20(25)22-12-16-10-14-11-17(26-3)7-8-18(14)23-16/h4-11,19,23H,12H2,1-3H3,(H,22,25). The molecule has 0 fully saturated rings. The quantitative estimate of drug-likeness (QED) is 0.714. The van der Waals surface area contributed by atoms with Crippen molar-refractivity contribution < 1.29 is 13.9 Å². The number of rotatable bonds is 6. The number of fused-ring (bicyclic) bond motifs is 1. The summed E-state index contributed by atoms with van der Waals surface area (Å²) in [6.07, 6.45) is 0. The average molecular weight is 355 g/mol. The van der Waals surface area contributed by atoms with E-state index in [2.05, 4.69) is 10.3 Å². The zero-order chi connectivity index (χ0) is 18.7. The second kappa shape index (κ2) is 7.58. The smallest absolute Gasteiger partial charge is 0.242 e. The Labute approximate surface area is 151 Å². The van der Waals surface area contributed by atoms with Crippen LogP contribution < -0.4 is 10.1 Å². The lowest BCUT2D eigenvalue weighted by Crippen LogP contribution is -2.36. The van der Waals surface area contributed by atoms with E-state index in [1.807, 2.05) is 24.3 Å². The number of benzene rings is 2. The van der Waals surface area contributed by atoms with E-state index < -0.39 is 6.04 Å². The molecule has 0 saturated carbocycles. The normalized spacial score (nSPS) is 12.3. The van der Waals surface area contributed by atoms with Crippen LogP contribution in [0.15, 0.2) is 48.5 Å². The maximum absolute atomic E-state index is 13.5. The van der Waals surface area contributed by atoms with E-state index in [1.165, 1.54) is 12.1 Å². The van der Waals surface area contributed by atoms with Crippen LogP contribution in [-0.4, -0.2) is 37.0 Å². The molecule has 1 aromatic heterocycles. The Hall–Kier alpha value is -2.86. The molecule has 136 valence electrons. The Morgan fingerprint density at radius 2 is 2.04 bits per heavy atom. The molecule has 6 heteroatoms. The molecule has 3 aromatic rings. The summed E-state index contributed by atoms with van der Waals surface area (Å²) in [5, 5.41) is 3.94. The fourth-order valence-corrected chi connectivity index (χ4v) is 3.03. The Bertz CT molecular complexity index is 920. The van der Waals surface area contributed by atoms with Crippen molar-refractivity contribution in [3.63, 3.8) is 0 Å². The Balaban J connectivity index is 1.74. The second-order valence-corrected chi connectivity index (χ2v) is 6.39. The van der Waals surface area contributed by atoms with Crippen molar-refractivity contribution in [1.29, 1.82) is 0 Å². The van der Waals surface area contributed by atoms with Gasteiger partial charge in [-0.2, -0.15) is 0 Å². The zero-order valence-electron chi connectivity index (χ0n) is 15.0. The Kier molecular flexibility index (Phi) is 5.23. The molecule has 26 heavy (non-hydrogen) atoms. The number of aromatic amines is 1. The maximum Gasteiger partial charge on any atom is 0.242 e. The van der Waals surface area contributed by atoms with E-state index in [9.17, 15) is 9.18 Å². The summed E-state index contributed by atoms with van der Waals surface area (Å²) in [6, 6.07) is 13.3. The number of halogens is 1. The van der Waals surface area contributed by atoms with Crippen LogP contribution in [0.2, 0.25) is 0 Å². The summed E-state index contributed by atoms with van der Waals surface area (Å²) in [5.41, 5.74) is 2.48. The molecule has 0 saturated heterocycles. The molecule has 0 spiro atoms. The molecule has 0 aliphatic carbocycles. The van der Waals surface area contributed by atoms with E-state index in [1.54, 1.807) is 38.2 Å². The number of aromatic nitrogens is 1. The molecule has 2 N–H and O–H groups in total. The van der Waals surface area contributed by atoms with Gasteiger partial charge in [-0.1, -0.05) is 12.1 Å². The van der Waals surface area contributed by atoms with E-state index in [4.69, 9.17) is 4.74 Å². The van der Waals surface area contributed by atoms with Gasteiger partial charge in [0.2, 0.25) is 5.91 Å². The summed E-state index contributed by atoms with van der Waals surface area (Å²) in [4.78, 5) is 17.7. The highest BCUT2D eigenvalue weighted by Gasteiger charge is 2.23. The molecule has 0 aliphatic heterocycles. The summed E-state index contributed by atoms with van der Waals surface area (Å²) in [5.74, 6) is 0.245. The number of likely N-dealkylation sites (N-methyl/N-ethyl adjacent to an activating group) is 1. The number of amides is 1. The number of H-pyrrole nitrogens is 1. The highest BCUT2D eigenvalue weighted by molar-refractivity contribution is 5.84. The van der Waals surface area contributed by atoms with Gasteiger partial charge >= 0.3 is 0 Å². The van der Waals surface area contributed by atoms with Gasteiger partial charge in [0.1, 0.15) is 17.6 Å². The largest absolute Gasteiger partial charge is 0.497 e. The predicted octanol–water partition coefficient (Wildman–Crippen LogP) is 3.23. The first-order valence-corrected chi connectivity index (χ1v) is 8.33. The highest BCUT2D eigenvalue weighted by atomic mass is 19.1. The first-order valence-electron chi connectivity index (χ1n) is 8.33. The van der Waals surface area contributed by atoms with Crippen LogP contribution >= 0.6 is 0 Å². The van der Waals surface area contributed by atoms with Gasteiger partial charge in [-0.3, -0.25) is 9.69 Å². The molecular formula is C20H22FN3O2. The lowest BCUT2D eigenvalue weighted by molar-refractivity contribution is -0.126. The highest BCUT2D eigenvalue weighted by Crippen LogP contribution is 2.22. The molecule has 0 radical (unpaired) electrons. The molecule has 1 amide bonds. The topological polar surface area (TPSA) is 57.4 Å². The van der Waals surface area contributed by atoms with Crippen LogP contribution in [0.3, 0.4) is 0 Å². The van der Waals surface area contributed by atoms with Crippen molar-refractivity contribution >= 4 is 16.8 Å². The summed E-state index contributed by atoms with van der Waals surface area (Å²) >= 11 is 0. The zero-order valence-corrected chi connectivity index (χ0v) is 15.0. The molecule has 5 nitrogen and oxygen atoms in total. The molecule has 0 aliphatic rings. The number of carbonyl (C=O) groups excluding carboxylic acids is 1. The number of carbonyl (C=O) groups is 1. The van der Waals surface area contributed by atoms with E-state index in [0.29, 0.717) is 12.1 Å². The lowest BCUT2D eigenvalue weighted by atomic mass is 10.1. The van der Waals surface area contributed by atoms with Crippen molar-refractivity contribution in [2.45, 2.75) is 12.6 Å². The van der Waals surface area contributed by atoms with Crippen LogP contribution in [-0.2, 0) is 11.3 Å². The SMILES string of the molecule is COc1ccc2[nH]c(CNC(=O)C(c3cccc(F)c3)N(C)C)cc2c1. The summed E-state index contributed by atoms with van der Waals surface area (Å²) in [7, 11) is 5.22. The van der Waals surface area contributed by atoms with Crippen molar-refractivity contribution in [3.8, 4) is 5.75 Å². The number of hydrogen-bond donors (Lipinski definition) is 2. The molecule has 1 heterocycles. The van der Waals surface area contributed by atoms with Gasteiger partial charge in [0.05, 0.1) is 13.7 Å². The second-order valence-electron chi connectivity index (χ2n) is 6.39. The summed E-state index contributed by atoms with van der Waals surface area (Å²) < 4.78 is 18.7. The third-order valence-corrected chi connectivity index (χ3v) is 4.27. The van der Waals surface area contributed by atoms with Gasteiger partial charge < -0.3 is 15.0 Å². The minimum absolute atomic E-state index is 0.183. The van der Waals surface area contributed by atoms with E-state index >= 15 is 0 Å². The third-order valence-electron chi connectivity index (χ3n) is 4.27. The molecular weight excluding hydrogens is 333 g/mol. The Morgan fingerprint density at radius 3 is 2.73 bits per heavy atom. The fraction of sp³-hybridized carbons (Fsp3) is 0.250. The van der Waals surface area contributed by atoms with Crippen LogP contribution in [0.5, 0.6) is 5.75 Å². The van der Waals surface area contributed by atoms with Gasteiger partial charge in [-0.15, -0.1) is 0 Å². The molecule has 3 rings (SSSR count). The van der Waals surface area contributed by atoms with Gasteiger partial charge in [-0.25, -0.2) is 4.39 Å². The van der Waals surface area contributed by atoms with Crippen LogP contribution in [0.4, 0.5) is 4.39 Å². The van der Waals surface area contributed by atoms with Gasteiger partial charge in [0, 0.05) is 16.6 Å². The van der Waals surface area contributed by atoms with Gasteiger partial charge in [0.25, 0.3) is 0 Å². The Morgan fingerprint density at radius 1 is 1.23 bits per heavy atom. The molecule has 0 bridgehead atoms. The van der Waals surface area contributed by atoms with Crippen LogP contribution in [0.25, 0.3) is 10.9 Å². The van der Waals surface area contributed by atoms with Crippen molar-refractivity contribution in [1.82, 2.24) is 15.2 Å². The van der Waals surface area contributed by atoms with Crippen molar-refractivity contribution in [2.24, 2.45) is 0 Å². The first kappa shape index (κ1) is 17.9. The first-order chi connectivity index (χ1) is 12.5. The van der Waals surface area contributed by atoms with Gasteiger partial charge in [-0.05, 0) is 56.1 Å². The number of hydrogen-bond acceptors (Lipinski definition) is 3. The summed E-state index contributed by atoms with van der Waals surface area (Å²) in [6.45, 7) is 0.357. The van der Waals surface area contributed by atoms with Crippen LogP contribution in [0, 0.1) is 5.82 Å². The van der Waals surface area contributed by atoms with E-state index in [-0.39, 0.29) is 11.7 Å². The monoisotopic (exact) mass is 355 g/mol. The number of nitrogens with zero attached hydrogens (tertiary/aromatic N) is 1. The minimum atomic E-state index is -0.560.